The second kappa shape index (κ2) is 4.47. The third-order valence-corrected chi connectivity index (χ3v) is 3.68. The van der Waals surface area contributed by atoms with E-state index in [4.69, 9.17) is 5.73 Å². The first-order valence-corrected chi connectivity index (χ1v) is 6.48. The van der Waals surface area contributed by atoms with Gasteiger partial charge < -0.3 is 5.73 Å². The molecule has 2 aromatic heterocycles. The molecule has 0 atom stereocenters. The van der Waals surface area contributed by atoms with Gasteiger partial charge in [0.1, 0.15) is 5.82 Å². The fourth-order valence-electron chi connectivity index (χ4n) is 1.30. The number of hydrogen-bond acceptors (Lipinski definition) is 5. The van der Waals surface area contributed by atoms with E-state index in [1.54, 1.807) is 11.7 Å². The van der Waals surface area contributed by atoms with Gasteiger partial charge in [-0.2, -0.15) is 0 Å². The van der Waals surface area contributed by atoms with Crippen LogP contribution in [0.15, 0.2) is 16.2 Å². The Labute approximate surface area is 106 Å². The van der Waals surface area contributed by atoms with E-state index in [2.05, 4.69) is 44.7 Å². The third-order valence-electron chi connectivity index (χ3n) is 2.10. The van der Waals surface area contributed by atoms with E-state index < -0.39 is 0 Å². The summed E-state index contributed by atoms with van der Waals surface area (Å²) < 4.78 is 0.788. The van der Waals surface area contributed by atoms with E-state index in [9.17, 15) is 0 Å². The lowest BCUT2D eigenvalue weighted by molar-refractivity contribution is 0.811. The molecule has 0 saturated heterocycles. The molecule has 0 fully saturated rings. The van der Waals surface area contributed by atoms with Crippen LogP contribution in [-0.2, 0) is 0 Å². The number of thiazole rings is 1. The van der Waals surface area contributed by atoms with Gasteiger partial charge in [-0.1, -0.05) is 13.8 Å². The van der Waals surface area contributed by atoms with Crippen molar-refractivity contribution in [3.63, 3.8) is 0 Å². The Morgan fingerprint density at radius 1 is 1.38 bits per heavy atom. The molecule has 84 valence electrons. The number of nitrogen functional groups attached to an aromatic ring is 1. The molecule has 2 heterocycles. The maximum Gasteiger partial charge on any atom is 0.173 e. The molecule has 6 heteroatoms. The molecule has 0 aliphatic carbocycles. The molecule has 2 N–H and O–H groups in total. The summed E-state index contributed by atoms with van der Waals surface area (Å²) in [5.41, 5.74) is 8.53. The van der Waals surface area contributed by atoms with Gasteiger partial charge in [0.25, 0.3) is 0 Å². The smallest absolute Gasteiger partial charge is 0.173 e. The van der Waals surface area contributed by atoms with Crippen molar-refractivity contribution in [3.05, 3.63) is 21.9 Å². The molecule has 2 aromatic rings. The first-order valence-electron chi connectivity index (χ1n) is 4.81. The SMILES string of the molecule is CC(C)c1nc(-c2cncs2)nc(N)c1Br. The number of nitrogens with two attached hydrogens (primary N) is 1. The van der Waals surface area contributed by atoms with Crippen LogP contribution in [0.1, 0.15) is 25.5 Å². The molecule has 16 heavy (non-hydrogen) atoms. The lowest BCUT2D eigenvalue weighted by Crippen LogP contribution is -2.03. The van der Waals surface area contributed by atoms with Crippen LogP contribution in [0.2, 0.25) is 0 Å². The average Bonchev–Trinajstić information content (AvgIpc) is 2.74. The molecule has 4 nitrogen and oxygen atoms in total. The summed E-state index contributed by atoms with van der Waals surface area (Å²) in [6.07, 6.45) is 1.75. The number of halogens is 1. The molecule has 0 spiro atoms. The Morgan fingerprint density at radius 2 is 2.12 bits per heavy atom. The molecule has 0 aromatic carbocycles. The van der Waals surface area contributed by atoms with Crippen molar-refractivity contribution in [3.8, 4) is 10.7 Å². The lowest BCUT2D eigenvalue weighted by atomic mass is 10.1. The van der Waals surface area contributed by atoms with E-state index in [1.165, 1.54) is 11.3 Å². The van der Waals surface area contributed by atoms with E-state index in [0.29, 0.717) is 17.6 Å². The van der Waals surface area contributed by atoms with Crippen LogP contribution in [0.5, 0.6) is 0 Å². The standard InChI is InChI=1S/C10H11BrN4S/c1-5(2)8-7(11)9(12)15-10(14-8)6-3-13-4-16-6/h3-5H,1-2H3,(H2,12,14,15). The number of nitrogens with zero attached hydrogens (tertiary/aromatic N) is 3. The van der Waals surface area contributed by atoms with E-state index in [1.807, 2.05) is 0 Å². The van der Waals surface area contributed by atoms with Gasteiger partial charge in [-0.05, 0) is 21.8 Å². The van der Waals surface area contributed by atoms with Crippen LogP contribution < -0.4 is 5.73 Å². The summed E-state index contributed by atoms with van der Waals surface area (Å²) in [4.78, 5) is 13.7. The Hall–Kier alpha value is -1.01. The van der Waals surface area contributed by atoms with E-state index in [0.717, 1.165) is 15.0 Å². The highest BCUT2D eigenvalue weighted by atomic mass is 79.9. The van der Waals surface area contributed by atoms with E-state index >= 15 is 0 Å². The second-order valence-electron chi connectivity index (χ2n) is 3.65. The highest BCUT2D eigenvalue weighted by Crippen LogP contribution is 2.30. The van der Waals surface area contributed by atoms with Crippen molar-refractivity contribution < 1.29 is 0 Å². The second-order valence-corrected chi connectivity index (χ2v) is 5.33. The largest absolute Gasteiger partial charge is 0.383 e. The molecular formula is C10H11BrN4S. The van der Waals surface area contributed by atoms with Crippen molar-refractivity contribution in [2.75, 3.05) is 5.73 Å². The molecule has 0 unspecified atom stereocenters. The summed E-state index contributed by atoms with van der Waals surface area (Å²) in [5.74, 6) is 1.42. The van der Waals surface area contributed by atoms with Crippen LogP contribution in [0, 0.1) is 0 Å². The van der Waals surface area contributed by atoms with Crippen molar-refractivity contribution in [2.45, 2.75) is 19.8 Å². The minimum Gasteiger partial charge on any atom is -0.383 e. The van der Waals surface area contributed by atoms with Crippen molar-refractivity contribution in [2.24, 2.45) is 0 Å². The van der Waals surface area contributed by atoms with Gasteiger partial charge in [-0.3, -0.25) is 4.98 Å². The fraction of sp³-hybridized carbons (Fsp3) is 0.300. The predicted molar refractivity (Wildman–Crippen MR) is 69.3 cm³/mol. The van der Waals surface area contributed by atoms with Crippen LogP contribution in [-0.4, -0.2) is 15.0 Å². The number of rotatable bonds is 2. The molecule has 0 saturated carbocycles. The number of hydrogen-bond donors (Lipinski definition) is 1. The molecule has 0 radical (unpaired) electrons. The fourth-order valence-corrected chi connectivity index (χ4v) is 2.49. The Morgan fingerprint density at radius 3 is 2.69 bits per heavy atom. The van der Waals surface area contributed by atoms with Gasteiger partial charge in [0.05, 0.1) is 20.6 Å². The van der Waals surface area contributed by atoms with Gasteiger partial charge in [0.2, 0.25) is 0 Å². The molecule has 2 rings (SSSR count). The van der Waals surface area contributed by atoms with Crippen LogP contribution >= 0.6 is 27.3 Å². The number of aromatic nitrogens is 3. The first kappa shape index (κ1) is 11.5. The zero-order valence-electron chi connectivity index (χ0n) is 8.94. The van der Waals surface area contributed by atoms with E-state index in [-0.39, 0.29) is 0 Å². The molecule has 0 aliphatic heterocycles. The van der Waals surface area contributed by atoms with Crippen molar-refractivity contribution >= 4 is 33.1 Å². The molecule has 0 aliphatic rings. The quantitative estimate of drug-likeness (QED) is 0.925. The van der Waals surface area contributed by atoms with Gasteiger partial charge in [0.15, 0.2) is 5.82 Å². The maximum atomic E-state index is 5.85. The topological polar surface area (TPSA) is 64.7 Å². The molecule has 0 bridgehead atoms. The Bertz CT molecular complexity index is 496. The van der Waals surface area contributed by atoms with Crippen LogP contribution in [0.3, 0.4) is 0 Å². The average molecular weight is 299 g/mol. The van der Waals surface area contributed by atoms with Crippen molar-refractivity contribution in [1.82, 2.24) is 15.0 Å². The summed E-state index contributed by atoms with van der Waals surface area (Å²) in [5, 5.41) is 0. The number of anilines is 1. The Kier molecular flexibility index (Phi) is 3.20. The van der Waals surface area contributed by atoms with Gasteiger partial charge in [0, 0.05) is 6.20 Å². The third kappa shape index (κ3) is 2.08. The zero-order chi connectivity index (χ0) is 11.7. The van der Waals surface area contributed by atoms with Crippen LogP contribution in [0.25, 0.3) is 10.7 Å². The highest BCUT2D eigenvalue weighted by Gasteiger charge is 2.14. The summed E-state index contributed by atoms with van der Waals surface area (Å²) in [6.45, 7) is 4.14. The minimum atomic E-state index is 0.298. The zero-order valence-corrected chi connectivity index (χ0v) is 11.3. The molecular weight excluding hydrogens is 288 g/mol. The summed E-state index contributed by atoms with van der Waals surface area (Å²) in [7, 11) is 0. The maximum absolute atomic E-state index is 5.85. The minimum absolute atomic E-state index is 0.298. The van der Waals surface area contributed by atoms with Crippen molar-refractivity contribution in [1.29, 1.82) is 0 Å². The summed E-state index contributed by atoms with van der Waals surface area (Å²) in [6, 6.07) is 0. The first-order chi connectivity index (χ1) is 7.59. The monoisotopic (exact) mass is 298 g/mol. The predicted octanol–water partition coefficient (Wildman–Crippen LogP) is 3.07. The normalized spacial score (nSPS) is 11.0. The highest BCUT2D eigenvalue weighted by molar-refractivity contribution is 9.10. The Balaban J connectivity index is 2.57. The van der Waals surface area contributed by atoms with Gasteiger partial charge in [-0.15, -0.1) is 11.3 Å². The van der Waals surface area contributed by atoms with Crippen LogP contribution in [0.4, 0.5) is 5.82 Å². The summed E-state index contributed by atoms with van der Waals surface area (Å²) >= 11 is 4.92. The molecule has 0 amide bonds. The lowest BCUT2D eigenvalue weighted by Gasteiger charge is -2.10. The van der Waals surface area contributed by atoms with Gasteiger partial charge >= 0.3 is 0 Å². The van der Waals surface area contributed by atoms with Gasteiger partial charge in [-0.25, -0.2) is 9.97 Å².